The predicted molar refractivity (Wildman–Crippen MR) is 85.2 cm³/mol. The van der Waals surface area contributed by atoms with Gasteiger partial charge in [-0.15, -0.1) is 11.3 Å². The summed E-state index contributed by atoms with van der Waals surface area (Å²) in [5.74, 6) is 0.172. The zero-order valence-corrected chi connectivity index (χ0v) is 13.8. The SMILES string of the molecule is CC(C)(C)c1ccc(CC(=O)c2csc(Br)c2)cc1. The molecule has 0 saturated carbocycles. The molecule has 0 aliphatic carbocycles. The smallest absolute Gasteiger partial charge is 0.168 e. The van der Waals surface area contributed by atoms with Gasteiger partial charge in [-0.2, -0.15) is 0 Å². The zero-order chi connectivity index (χ0) is 14.0. The second kappa shape index (κ2) is 5.59. The van der Waals surface area contributed by atoms with Crippen molar-refractivity contribution >= 4 is 33.0 Å². The molecule has 100 valence electrons. The largest absolute Gasteiger partial charge is 0.294 e. The second-order valence-electron chi connectivity index (χ2n) is 5.69. The number of rotatable bonds is 3. The molecule has 0 aliphatic rings. The average Bonchev–Trinajstić information content (AvgIpc) is 2.75. The molecule has 2 rings (SSSR count). The van der Waals surface area contributed by atoms with Gasteiger partial charge >= 0.3 is 0 Å². The highest BCUT2D eigenvalue weighted by atomic mass is 79.9. The Morgan fingerprint density at radius 2 is 1.84 bits per heavy atom. The summed E-state index contributed by atoms with van der Waals surface area (Å²) in [4.78, 5) is 12.1. The predicted octanol–water partition coefficient (Wildman–Crippen LogP) is 5.23. The molecule has 0 amide bonds. The minimum absolute atomic E-state index is 0.154. The Morgan fingerprint density at radius 3 is 2.32 bits per heavy atom. The first kappa shape index (κ1) is 14.5. The van der Waals surface area contributed by atoms with Crippen LogP contribution in [0.25, 0.3) is 0 Å². The van der Waals surface area contributed by atoms with Crippen LogP contribution in [0.5, 0.6) is 0 Å². The Hall–Kier alpha value is -0.930. The summed E-state index contributed by atoms with van der Waals surface area (Å²) in [5, 5.41) is 1.90. The first-order valence-electron chi connectivity index (χ1n) is 6.23. The van der Waals surface area contributed by atoms with E-state index in [2.05, 4.69) is 61.0 Å². The lowest BCUT2D eigenvalue weighted by atomic mass is 9.86. The highest BCUT2D eigenvalue weighted by Crippen LogP contribution is 2.24. The molecule has 0 radical (unpaired) electrons. The van der Waals surface area contributed by atoms with Gasteiger partial charge in [-0.05, 0) is 38.5 Å². The molecule has 1 heterocycles. The van der Waals surface area contributed by atoms with E-state index in [1.807, 2.05) is 11.4 Å². The summed E-state index contributed by atoms with van der Waals surface area (Å²) >= 11 is 4.93. The highest BCUT2D eigenvalue weighted by molar-refractivity contribution is 9.11. The van der Waals surface area contributed by atoms with Crippen molar-refractivity contribution in [1.29, 1.82) is 0 Å². The molecule has 0 bridgehead atoms. The number of benzene rings is 1. The third kappa shape index (κ3) is 3.77. The van der Waals surface area contributed by atoms with Crippen molar-refractivity contribution in [2.45, 2.75) is 32.6 Å². The molecule has 0 saturated heterocycles. The summed E-state index contributed by atoms with van der Waals surface area (Å²) in [6.07, 6.45) is 0.466. The van der Waals surface area contributed by atoms with Crippen molar-refractivity contribution < 1.29 is 4.79 Å². The number of hydrogen-bond donors (Lipinski definition) is 0. The van der Waals surface area contributed by atoms with Crippen molar-refractivity contribution in [3.05, 3.63) is 56.2 Å². The van der Waals surface area contributed by atoms with E-state index in [1.54, 1.807) is 11.3 Å². The van der Waals surface area contributed by atoms with Gasteiger partial charge in [-0.1, -0.05) is 45.0 Å². The van der Waals surface area contributed by atoms with Gasteiger partial charge in [-0.3, -0.25) is 4.79 Å². The van der Waals surface area contributed by atoms with Gasteiger partial charge in [0.05, 0.1) is 3.79 Å². The van der Waals surface area contributed by atoms with Gasteiger partial charge in [0.15, 0.2) is 5.78 Å². The van der Waals surface area contributed by atoms with Crippen LogP contribution < -0.4 is 0 Å². The number of carbonyl (C=O) groups is 1. The van der Waals surface area contributed by atoms with Crippen LogP contribution in [-0.2, 0) is 11.8 Å². The Morgan fingerprint density at radius 1 is 1.21 bits per heavy atom. The fourth-order valence-electron chi connectivity index (χ4n) is 1.87. The zero-order valence-electron chi connectivity index (χ0n) is 11.4. The summed E-state index contributed by atoms with van der Waals surface area (Å²) in [5.41, 5.74) is 3.31. The first-order chi connectivity index (χ1) is 8.86. The molecule has 0 atom stereocenters. The minimum Gasteiger partial charge on any atom is -0.294 e. The maximum atomic E-state index is 12.1. The second-order valence-corrected chi connectivity index (χ2v) is 7.98. The summed E-state index contributed by atoms with van der Waals surface area (Å²) in [6, 6.07) is 10.2. The molecule has 0 fully saturated rings. The van der Waals surface area contributed by atoms with E-state index in [4.69, 9.17) is 0 Å². The molecule has 1 aromatic heterocycles. The molecule has 19 heavy (non-hydrogen) atoms. The number of thiophene rings is 1. The number of ketones is 1. The summed E-state index contributed by atoms with van der Waals surface area (Å²) in [7, 11) is 0. The molecule has 0 unspecified atom stereocenters. The Labute approximate surface area is 126 Å². The normalized spacial score (nSPS) is 11.6. The molecular formula is C16H17BrOS. The summed E-state index contributed by atoms with van der Waals surface area (Å²) in [6.45, 7) is 6.57. The molecule has 0 N–H and O–H groups in total. The van der Waals surface area contributed by atoms with E-state index < -0.39 is 0 Å². The maximum Gasteiger partial charge on any atom is 0.168 e. The van der Waals surface area contributed by atoms with Crippen LogP contribution in [0, 0.1) is 0 Å². The Bertz CT molecular complexity index is 576. The molecule has 1 nitrogen and oxygen atoms in total. The van der Waals surface area contributed by atoms with Crippen molar-refractivity contribution in [3.8, 4) is 0 Å². The van der Waals surface area contributed by atoms with Crippen molar-refractivity contribution in [2.24, 2.45) is 0 Å². The molecule has 0 spiro atoms. The highest BCUT2D eigenvalue weighted by Gasteiger charge is 2.14. The topological polar surface area (TPSA) is 17.1 Å². The lowest BCUT2D eigenvalue weighted by Crippen LogP contribution is -2.11. The quantitative estimate of drug-likeness (QED) is 0.701. The molecular weight excluding hydrogens is 320 g/mol. The summed E-state index contributed by atoms with van der Waals surface area (Å²) < 4.78 is 0.999. The van der Waals surface area contributed by atoms with Crippen LogP contribution in [0.2, 0.25) is 0 Å². The lowest BCUT2D eigenvalue weighted by molar-refractivity contribution is 0.0993. The van der Waals surface area contributed by atoms with Crippen LogP contribution >= 0.6 is 27.3 Å². The number of halogens is 1. The van der Waals surface area contributed by atoms with Crippen LogP contribution in [0.15, 0.2) is 39.5 Å². The molecule has 3 heteroatoms. The van der Waals surface area contributed by atoms with Crippen molar-refractivity contribution in [1.82, 2.24) is 0 Å². The fraction of sp³-hybridized carbons (Fsp3) is 0.312. The van der Waals surface area contributed by atoms with Crippen LogP contribution in [0.3, 0.4) is 0 Å². The van der Waals surface area contributed by atoms with E-state index in [0.29, 0.717) is 6.42 Å². The minimum atomic E-state index is 0.154. The fourth-order valence-corrected chi connectivity index (χ4v) is 3.03. The number of hydrogen-bond acceptors (Lipinski definition) is 2. The molecule has 1 aromatic carbocycles. The van der Waals surface area contributed by atoms with Gasteiger partial charge in [0.2, 0.25) is 0 Å². The Kier molecular flexibility index (Phi) is 4.26. The maximum absolute atomic E-state index is 12.1. The van der Waals surface area contributed by atoms with Crippen molar-refractivity contribution in [3.63, 3.8) is 0 Å². The standard InChI is InChI=1S/C16H17BrOS/c1-16(2,3)13-6-4-11(5-7-13)8-14(18)12-9-15(17)19-10-12/h4-7,9-10H,8H2,1-3H3. The van der Waals surface area contributed by atoms with Crippen molar-refractivity contribution in [2.75, 3.05) is 0 Å². The van der Waals surface area contributed by atoms with E-state index in [9.17, 15) is 4.79 Å². The first-order valence-corrected chi connectivity index (χ1v) is 7.90. The van der Waals surface area contributed by atoms with E-state index in [1.165, 1.54) is 5.56 Å². The van der Waals surface area contributed by atoms with Gasteiger partial charge in [0.25, 0.3) is 0 Å². The number of carbonyl (C=O) groups excluding carboxylic acids is 1. The van der Waals surface area contributed by atoms with E-state index in [-0.39, 0.29) is 11.2 Å². The van der Waals surface area contributed by atoms with Crippen LogP contribution in [-0.4, -0.2) is 5.78 Å². The van der Waals surface area contributed by atoms with Gasteiger partial charge < -0.3 is 0 Å². The van der Waals surface area contributed by atoms with Gasteiger partial charge in [0.1, 0.15) is 0 Å². The number of Topliss-reactive ketones (excluding diaryl/α,β-unsaturated/α-hetero) is 1. The van der Waals surface area contributed by atoms with Gasteiger partial charge in [-0.25, -0.2) is 0 Å². The average molecular weight is 337 g/mol. The lowest BCUT2D eigenvalue weighted by Gasteiger charge is -2.19. The third-order valence-electron chi connectivity index (χ3n) is 3.07. The monoisotopic (exact) mass is 336 g/mol. The third-order valence-corrected chi connectivity index (χ3v) is 4.58. The van der Waals surface area contributed by atoms with E-state index in [0.717, 1.165) is 14.9 Å². The molecule has 2 aromatic rings. The Balaban J connectivity index is 2.10. The van der Waals surface area contributed by atoms with E-state index >= 15 is 0 Å². The van der Waals surface area contributed by atoms with Gasteiger partial charge in [0, 0.05) is 17.4 Å². The van der Waals surface area contributed by atoms with Crippen LogP contribution in [0.4, 0.5) is 0 Å². The van der Waals surface area contributed by atoms with Crippen LogP contribution in [0.1, 0.15) is 42.3 Å². The molecule has 0 aliphatic heterocycles.